The molecule has 1 aliphatic heterocycles. The summed E-state index contributed by atoms with van der Waals surface area (Å²) >= 11 is 12.0. The third kappa shape index (κ3) is 5.81. The van der Waals surface area contributed by atoms with Gasteiger partial charge < -0.3 is 4.90 Å². The molecule has 1 aromatic carbocycles. The summed E-state index contributed by atoms with van der Waals surface area (Å²) in [5.74, 6) is 1.28. The van der Waals surface area contributed by atoms with Gasteiger partial charge in [0.2, 0.25) is 0 Å². The number of piperidine rings is 1. The van der Waals surface area contributed by atoms with Crippen LogP contribution in [0.15, 0.2) is 53.3 Å². The van der Waals surface area contributed by atoms with Gasteiger partial charge in [0, 0.05) is 25.0 Å². The number of alkyl halides is 1. The first-order valence-electron chi connectivity index (χ1n) is 9.72. The Morgan fingerprint density at radius 1 is 1.37 bits per heavy atom. The number of allylic oxidation sites excluding steroid dienone is 5. The molecular formula is C23H25Cl2FN4. The molecule has 0 radical (unpaired) electrons. The van der Waals surface area contributed by atoms with Crippen LogP contribution in [0.25, 0.3) is 16.5 Å². The van der Waals surface area contributed by atoms with Crippen LogP contribution in [0, 0.1) is 17.2 Å². The van der Waals surface area contributed by atoms with Gasteiger partial charge in [0.15, 0.2) is 0 Å². The molecule has 1 aromatic heterocycles. The molecule has 1 atom stereocenters. The van der Waals surface area contributed by atoms with E-state index in [0.717, 1.165) is 53.8 Å². The SMILES string of the molecule is CF.C\C=C/C(=C\C(Cl)=C\Cl)c1cccc2ncnc(N3CCCC(CC#N)C3)c12. The van der Waals surface area contributed by atoms with Crippen molar-refractivity contribution in [1.29, 1.82) is 5.26 Å². The Labute approximate surface area is 187 Å². The molecule has 1 aliphatic rings. The number of benzene rings is 1. The van der Waals surface area contributed by atoms with Crippen LogP contribution in [0.3, 0.4) is 0 Å². The van der Waals surface area contributed by atoms with E-state index in [1.165, 1.54) is 5.54 Å². The first-order chi connectivity index (χ1) is 14.7. The molecule has 1 fully saturated rings. The van der Waals surface area contributed by atoms with E-state index < -0.39 is 0 Å². The largest absolute Gasteiger partial charge is 0.356 e. The monoisotopic (exact) mass is 446 g/mol. The van der Waals surface area contributed by atoms with Crippen LogP contribution in [-0.2, 0) is 0 Å². The first kappa shape index (κ1) is 23.9. The van der Waals surface area contributed by atoms with Crippen LogP contribution in [0.2, 0.25) is 0 Å². The Balaban J connectivity index is 0.00000155. The van der Waals surface area contributed by atoms with E-state index in [1.54, 1.807) is 6.33 Å². The lowest BCUT2D eigenvalue weighted by Crippen LogP contribution is -2.36. The molecule has 0 bridgehead atoms. The number of halogens is 3. The number of nitrogens with zero attached hydrogens (tertiary/aromatic N) is 4. The molecular weight excluding hydrogens is 422 g/mol. The minimum atomic E-state index is 0.370. The van der Waals surface area contributed by atoms with Crippen LogP contribution < -0.4 is 4.90 Å². The number of hydrogen-bond donors (Lipinski definition) is 0. The zero-order valence-electron chi connectivity index (χ0n) is 17.2. The van der Waals surface area contributed by atoms with Crippen LogP contribution in [0.5, 0.6) is 0 Å². The third-order valence-electron chi connectivity index (χ3n) is 4.90. The van der Waals surface area contributed by atoms with E-state index in [1.807, 2.05) is 37.3 Å². The standard InChI is InChI=1S/C22H22Cl2N4.CH3F/c1-2-5-17(12-18(24)13-23)19-7-3-8-20-21(19)22(27-15-26-20)28-11-4-6-16(14-28)9-10-25;1-2/h2-3,5,7-8,12-13,15-16H,4,6,9,11,14H2,1H3;1H3/b5-2-,17-12+,18-13-;. The Morgan fingerprint density at radius 2 is 2.17 bits per heavy atom. The van der Waals surface area contributed by atoms with Crippen molar-refractivity contribution in [1.82, 2.24) is 9.97 Å². The van der Waals surface area contributed by atoms with Crippen LogP contribution in [-0.4, -0.2) is 30.2 Å². The van der Waals surface area contributed by atoms with Crippen molar-refractivity contribution in [2.45, 2.75) is 26.2 Å². The van der Waals surface area contributed by atoms with Gasteiger partial charge in [-0.15, -0.1) is 0 Å². The third-order valence-corrected chi connectivity index (χ3v) is 5.46. The van der Waals surface area contributed by atoms with E-state index in [-0.39, 0.29) is 0 Å². The predicted octanol–water partition coefficient (Wildman–Crippen LogP) is 6.62. The van der Waals surface area contributed by atoms with Crippen molar-refractivity contribution in [3.8, 4) is 6.07 Å². The summed E-state index contributed by atoms with van der Waals surface area (Å²) in [5, 5.41) is 10.5. The van der Waals surface area contributed by atoms with Crippen LogP contribution in [0.4, 0.5) is 10.2 Å². The Hall–Kier alpha value is -2.42. The van der Waals surface area contributed by atoms with Gasteiger partial charge in [0.25, 0.3) is 0 Å². The normalized spacial score (nSPS) is 17.6. The zero-order chi connectivity index (χ0) is 21.9. The molecule has 30 heavy (non-hydrogen) atoms. The van der Waals surface area contributed by atoms with Crippen LogP contribution in [0.1, 0.15) is 31.7 Å². The maximum Gasteiger partial charge on any atom is 0.140 e. The fraction of sp³-hybridized carbons (Fsp3) is 0.348. The Morgan fingerprint density at radius 3 is 2.87 bits per heavy atom. The van der Waals surface area contributed by atoms with Crippen LogP contribution >= 0.6 is 23.2 Å². The van der Waals surface area contributed by atoms with E-state index in [4.69, 9.17) is 28.5 Å². The molecule has 3 rings (SSSR count). The molecule has 2 aromatic rings. The van der Waals surface area contributed by atoms with Gasteiger partial charge in [-0.25, -0.2) is 9.97 Å². The minimum Gasteiger partial charge on any atom is -0.356 e. The quantitative estimate of drug-likeness (QED) is 0.483. The van der Waals surface area contributed by atoms with Gasteiger partial charge >= 0.3 is 0 Å². The van der Waals surface area contributed by atoms with Crippen molar-refractivity contribution in [3.63, 3.8) is 0 Å². The lowest BCUT2D eigenvalue weighted by Gasteiger charge is -2.33. The first-order valence-corrected chi connectivity index (χ1v) is 10.5. The zero-order valence-corrected chi connectivity index (χ0v) is 18.7. The summed E-state index contributed by atoms with van der Waals surface area (Å²) < 4.78 is 9.50. The highest BCUT2D eigenvalue weighted by atomic mass is 35.5. The molecule has 1 unspecified atom stereocenters. The maximum absolute atomic E-state index is 9.50. The second-order valence-corrected chi connectivity index (χ2v) is 7.46. The summed E-state index contributed by atoms with van der Waals surface area (Å²) in [6, 6.07) is 8.34. The topological polar surface area (TPSA) is 52.8 Å². The van der Waals surface area contributed by atoms with E-state index >= 15 is 0 Å². The highest BCUT2D eigenvalue weighted by molar-refractivity contribution is 6.38. The molecule has 0 aliphatic carbocycles. The Bertz CT molecular complexity index is 974. The number of rotatable bonds is 5. The van der Waals surface area contributed by atoms with Gasteiger partial charge in [-0.2, -0.15) is 5.26 Å². The second kappa shape index (κ2) is 12.3. The number of fused-ring (bicyclic) bond motifs is 1. The highest BCUT2D eigenvalue weighted by Gasteiger charge is 2.23. The summed E-state index contributed by atoms with van der Waals surface area (Å²) in [4.78, 5) is 11.4. The molecule has 2 heterocycles. The second-order valence-electron chi connectivity index (χ2n) is 6.81. The number of aromatic nitrogens is 2. The molecule has 0 amide bonds. The van der Waals surface area contributed by atoms with Gasteiger partial charge in [-0.1, -0.05) is 47.5 Å². The fourth-order valence-electron chi connectivity index (χ4n) is 3.70. The number of nitriles is 1. The number of hydrogen-bond acceptors (Lipinski definition) is 4. The van der Waals surface area contributed by atoms with Crippen molar-refractivity contribution in [3.05, 3.63) is 58.9 Å². The lowest BCUT2D eigenvalue weighted by molar-refractivity contribution is 0.420. The summed E-state index contributed by atoms with van der Waals surface area (Å²) in [6.07, 6.45) is 10.1. The smallest absolute Gasteiger partial charge is 0.140 e. The van der Waals surface area contributed by atoms with E-state index in [0.29, 0.717) is 24.5 Å². The van der Waals surface area contributed by atoms with Gasteiger partial charge in [-0.3, -0.25) is 4.39 Å². The van der Waals surface area contributed by atoms with Gasteiger partial charge in [-0.05, 0) is 49.0 Å². The average Bonchev–Trinajstić information content (AvgIpc) is 2.79. The molecule has 0 spiro atoms. The molecule has 7 heteroatoms. The molecule has 0 saturated carbocycles. The van der Waals surface area contributed by atoms with Gasteiger partial charge in [0.05, 0.1) is 29.2 Å². The molecule has 1 saturated heterocycles. The van der Waals surface area contributed by atoms with Crippen molar-refractivity contribution in [2.75, 3.05) is 25.2 Å². The maximum atomic E-state index is 9.50. The molecule has 158 valence electrons. The van der Waals surface area contributed by atoms with Crippen molar-refractivity contribution >= 4 is 45.5 Å². The highest BCUT2D eigenvalue weighted by Crippen LogP contribution is 2.34. The van der Waals surface area contributed by atoms with E-state index in [2.05, 4.69) is 27.0 Å². The summed E-state index contributed by atoms with van der Waals surface area (Å²) in [7, 11) is 0.500. The summed E-state index contributed by atoms with van der Waals surface area (Å²) in [6.45, 7) is 3.72. The minimum absolute atomic E-state index is 0.370. The molecule has 4 nitrogen and oxygen atoms in total. The number of anilines is 1. The predicted molar refractivity (Wildman–Crippen MR) is 124 cm³/mol. The lowest BCUT2D eigenvalue weighted by atomic mass is 9.94. The Kier molecular flexibility index (Phi) is 9.79. The fourth-order valence-corrected chi connectivity index (χ4v) is 3.88. The molecule has 0 N–H and O–H groups in total. The van der Waals surface area contributed by atoms with E-state index in [9.17, 15) is 4.39 Å². The van der Waals surface area contributed by atoms with Crippen molar-refractivity contribution < 1.29 is 4.39 Å². The summed E-state index contributed by atoms with van der Waals surface area (Å²) in [5.41, 5.74) is 4.18. The van der Waals surface area contributed by atoms with Crippen molar-refractivity contribution in [2.24, 2.45) is 5.92 Å². The average molecular weight is 447 g/mol. The van der Waals surface area contributed by atoms with Gasteiger partial charge in [0.1, 0.15) is 12.1 Å².